The summed E-state index contributed by atoms with van der Waals surface area (Å²) in [4.78, 5) is 72.1. The van der Waals surface area contributed by atoms with Crippen LogP contribution in [0.15, 0.2) is 0 Å². The van der Waals surface area contributed by atoms with Gasteiger partial charge in [-0.2, -0.15) is 11.8 Å². The topological polar surface area (TPSA) is 186 Å². The van der Waals surface area contributed by atoms with E-state index in [1.54, 1.807) is 0 Å². The Labute approximate surface area is 333 Å². The predicted octanol–water partition coefficient (Wildman–Crippen LogP) is 6.47. The number of rotatable bonds is 38. The SMILES string of the molecule is CCCCCCC(=O)CCCCCCC(=O)N[C@@H](CCC(=O)O)C(=O)CCCCOCCOCCOCCCCC(=O)CCCC[C@@H]1SC[C@@H]2NC(=O)N[C@@H]21. The minimum Gasteiger partial charge on any atom is -0.481 e. The molecule has 0 aliphatic carbocycles. The van der Waals surface area contributed by atoms with Crippen molar-refractivity contribution in [3.8, 4) is 0 Å². The molecule has 2 heterocycles. The van der Waals surface area contributed by atoms with Gasteiger partial charge in [-0.25, -0.2) is 4.79 Å². The van der Waals surface area contributed by atoms with E-state index in [1.807, 2.05) is 11.8 Å². The highest BCUT2D eigenvalue weighted by Gasteiger charge is 2.42. The number of fused-ring (bicyclic) bond motifs is 1. The van der Waals surface area contributed by atoms with Crippen molar-refractivity contribution in [2.45, 2.75) is 178 Å². The van der Waals surface area contributed by atoms with Gasteiger partial charge in [-0.05, 0) is 64.2 Å². The fourth-order valence-corrected chi connectivity index (χ4v) is 8.41. The number of unbranched alkanes of at least 4 members (excludes halogenated alkanes) is 9. The number of hydrogen-bond acceptors (Lipinski definition) is 10. The monoisotopic (exact) mass is 797 g/mol. The van der Waals surface area contributed by atoms with E-state index in [4.69, 9.17) is 19.3 Å². The smallest absolute Gasteiger partial charge is 0.315 e. The maximum atomic E-state index is 12.8. The number of thioether (sulfide) groups is 1. The normalized spacial score (nSPS) is 18.1. The van der Waals surface area contributed by atoms with E-state index in [9.17, 15) is 28.8 Å². The van der Waals surface area contributed by atoms with E-state index < -0.39 is 12.0 Å². The Kier molecular flexibility index (Phi) is 27.9. The van der Waals surface area contributed by atoms with Crippen LogP contribution in [0.4, 0.5) is 4.79 Å². The molecular formula is C41H71N3O10S. The van der Waals surface area contributed by atoms with E-state index in [-0.39, 0.29) is 55.5 Å². The highest BCUT2D eigenvalue weighted by Crippen LogP contribution is 2.33. The standard InChI is InChI=1S/C41H71N3O10S/c1-2-3-4-7-16-32(45)17-8-5-6-9-22-38(48)42-34(23-24-39(49)50)36(47)20-13-15-26-53-28-30-54-29-27-52-25-14-12-19-33(46)18-10-11-21-37-40-35(31-55-37)43-41(51)44-40/h34-35,37,40H,2-31H2,1H3,(H,42,48)(H,49,50)(H2,43,44,51)/t34-,35-,37-,40-/m0/s1. The molecule has 0 bridgehead atoms. The van der Waals surface area contributed by atoms with Crippen LogP contribution in [0.5, 0.6) is 0 Å². The molecule has 0 spiro atoms. The number of ketones is 3. The zero-order valence-electron chi connectivity index (χ0n) is 33.6. The van der Waals surface area contributed by atoms with Crippen LogP contribution in [-0.4, -0.2) is 109 Å². The van der Waals surface area contributed by atoms with Crippen molar-refractivity contribution in [1.82, 2.24) is 16.0 Å². The van der Waals surface area contributed by atoms with E-state index in [0.29, 0.717) is 101 Å². The predicted molar refractivity (Wildman–Crippen MR) is 214 cm³/mol. The third-order valence-corrected chi connectivity index (χ3v) is 11.6. The van der Waals surface area contributed by atoms with Crippen molar-refractivity contribution in [1.29, 1.82) is 0 Å². The molecule has 2 aliphatic rings. The van der Waals surface area contributed by atoms with Gasteiger partial charge in [0.25, 0.3) is 0 Å². The van der Waals surface area contributed by atoms with Crippen LogP contribution in [0.3, 0.4) is 0 Å². The number of ether oxygens (including phenoxy) is 3. The molecule has 0 unspecified atom stereocenters. The summed E-state index contributed by atoms with van der Waals surface area (Å²) in [7, 11) is 0. The first kappa shape index (κ1) is 48.6. The Balaban J connectivity index is 1.37. The number of Topliss-reactive ketones (excluding diaryl/α,β-unsaturated/α-hetero) is 3. The van der Waals surface area contributed by atoms with Crippen LogP contribution >= 0.6 is 11.8 Å². The number of carbonyl (C=O) groups is 6. The lowest BCUT2D eigenvalue weighted by molar-refractivity contribution is -0.138. The Morgan fingerprint density at radius 1 is 0.673 bits per heavy atom. The fourth-order valence-electron chi connectivity index (χ4n) is 6.86. The number of hydrogen-bond donors (Lipinski definition) is 4. The third-order valence-electron chi connectivity index (χ3n) is 10.1. The van der Waals surface area contributed by atoms with Crippen molar-refractivity contribution < 1.29 is 48.1 Å². The van der Waals surface area contributed by atoms with Gasteiger partial charge in [0, 0.05) is 69.2 Å². The molecular weight excluding hydrogens is 727 g/mol. The molecule has 13 nitrogen and oxygen atoms in total. The number of carboxylic acids is 1. The molecule has 3 amide bonds. The molecule has 14 heteroatoms. The Morgan fingerprint density at radius 3 is 1.80 bits per heavy atom. The van der Waals surface area contributed by atoms with E-state index in [2.05, 4.69) is 22.9 Å². The average molecular weight is 798 g/mol. The average Bonchev–Trinajstić information content (AvgIpc) is 3.72. The van der Waals surface area contributed by atoms with Crippen molar-refractivity contribution >= 4 is 47.0 Å². The van der Waals surface area contributed by atoms with Gasteiger partial charge in [0.1, 0.15) is 11.6 Å². The summed E-state index contributed by atoms with van der Waals surface area (Å²) in [6, 6.07) is -0.393. The van der Waals surface area contributed by atoms with Gasteiger partial charge in [-0.3, -0.25) is 24.0 Å². The van der Waals surface area contributed by atoms with Crippen LogP contribution < -0.4 is 16.0 Å². The molecule has 2 saturated heterocycles. The molecule has 55 heavy (non-hydrogen) atoms. The first-order valence-electron chi connectivity index (χ1n) is 21.2. The second kappa shape index (κ2) is 31.5. The van der Waals surface area contributed by atoms with Gasteiger partial charge >= 0.3 is 12.0 Å². The minimum atomic E-state index is -1.01. The summed E-state index contributed by atoms with van der Waals surface area (Å²) in [6.45, 7) is 5.02. The zero-order chi connectivity index (χ0) is 39.9. The van der Waals surface area contributed by atoms with Gasteiger partial charge in [-0.15, -0.1) is 0 Å². The molecule has 0 saturated carbocycles. The van der Waals surface area contributed by atoms with Crippen LogP contribution in [0.1, 0.15) is 155 Å². The molecule has 0 aromatic rings. The fraction of sp³-hybridized carbons (Fsp3) is 0.854. The van der Waals surface area contributed by atoms with Gasteiger partial charge in [0.15, 0.2) is 5.78 Å². The van der Waals surface area contributed by atoms with E-state index in [1.165, 1.54) is 6.42 Å². The third kappa shape index (κ3) is 24.6. The van der Waals surface area contributed by atoms with Crippen LogP contribution in [0.25, 0.3) is 0 Å². The Bertz CT molecular complexity index is 1130. The molecule has 4 atom stereocenters. The summed E-state index contributed by atoms with van der Waals surface area (Å²) in [5.74, 6) is 0.172. The molecule has 4 N–H and O–H groups in total. The quantitative estimate of drug-likeness (QED) is 0.0396. The number of amides is 3. The highest BCUT2D eigenvalue weighted by atomic mass is 32.2. The summed E-state index contributed by atoms with van der Waals surface area (Å²) in [5, 5.41) is 18.3. The van der Waals surface area contributed by atoms with Crippen molar-refractivity contribution in [2.75, 3.05) is 45.4 Å². The first-order chi connectivity index (χ1) is 26.7. The Hall–Kier alpha value is -2.55. The molecule has 316 valence electrons. The van der Waals surface area contributed by atoms with Crippen LogP contribution in [0.2, 0.25) is 0 Å². The van der Waals surface area contributed by atoms with Crippen molar-refractivity contribution in [3.63, 3.8) is 0 Å². The first-order valence-corrected chi connectivity index (χ1v) is 22.2. The molecule has 0 aromatic carbocycles. The second-order valence-corrected chi connectivity index (χ2v) is 16.2. The summed E-state index contributed by atoms with van der Waals surface area (Å²) in [5.41, 5.74) is 0. The summed E-state index contributed by atoms with van der Waals surface area (Å²) >= 11 is 1.91. The zero-order valence-corrected chi connectivity index (χ0v) is 34.4. The largest absolute Gasteiger partial charge is 0.481 e. The Morgan fingerprint density at radius 2 is 1.20 bits per heavy atom. The minimum absolute atomic E-state index is 0.0600. The number of carboxylic acid groups (broad SMARTS) is 1. The van der Waals surface area contributed by atoms with Gasteiger partial charge in [0.2, 0.25) is 5.91 Å². The van der Waals surface area contributed by atoms with Gasteiger partial charge in [-0.1, -0.05) is 45.4 Å². The number of carbonyl (C=O) groups excluding carboxylic acids is 5. The summed E-state index contributed by atoms with van der Waals surface area (Å²) < 4.78 is 16.8. The van der Waals surface area contributed by atoms with Crippen LogP contribution in [0, 0.1) is 0 Å². The van der Waals surface area contributed by atoms with Crippen molar-refractivity contribution in [2.24, 2.45) is 0 Å². The van der Waals surface area contributed by atoms with E-state index in [0.717, 1.165) is 76.4 Å². The molecule has 0 aromatic heterocycles. The van der Waals surface area contributed by atoms with Gasteiger partial charge < -0.3 is 35.3 Å². The molecule has 2 rings (SSSR count). The maximum absolute atomic E-state index is 12.8. The van der Waals surface area contributed by atoms with E-state index >= 15 is 0 Å². The number of nitrogens with one attached hydrogen (secondary N) is 3. The lowest BCUT2D eigenvalue weighted by atomic mass is 10.0. The highest BCUT2D eigenvalue weighted by molar-refractivity contribution is 8.00. The lowest BCUT2D eigenvalue weighted by Gasteiger charge is -2.17. The van der Waals surface area contributed by atoms with Gasteiger partial charge in [0.05, 0.1) is 44.6 Å². The van der Waals surface area contributed by atoms with Crippen molar-refractivity contribution in [3.05, 3.63) is 0 Å². The maximum Gasteiger partial charge on any atom is 0.315 e. The molecule has 2 fully saturated rings. The number of aliphatic carboxylic acids is 1. The molecule has 2 aliphatic heterocycles. The van der Waals surface area contributed by atoms with Crippen LogP contribution in [-0.2, 0) is 38.2 Å². The molecule has 0 radical (unpaired) electrons. The lowest BCUT2D eigenvalue weighted by Crippen LogP contribution is -2.41. The number of urea groups is 1. The summed E-state index contributed by atoms with van der Waals surface area (Å²) in [6.07, 6.45) is 16.3. The second-order valence-electron chi connectivity index (χ2n) is 14.9.